The quantitative estimate of drug-likeness (QED) is 0.818. The van der Waals surface area contributed by atoms with Crippen molar-refractivity contribution in [1.82, 2.24) is 4.90 Å². The van der Waals surface area contributed by atoms with Crippen molar-refractivity contribution < 1.29 is 9.59 Å². The van der Waals surface area contributed by atoms with E-state index in [4.69, 9.17) is 11.6 Å². The summed E-state index contributed by atoms with van der Waals surface area (Å²) in [4.78, 5) is 28.2. The number of amides is 2. The summed E-state index contributed by atoms with van der Waals surface area (Å²) < 4.78 is 0. The summed E-state index contributed by atoms with van der Waals surface area (Å²) >= 11 is 6.09. The predicted octanol–water partition coefficient (Wildman–Crippen LogP) is 3.74. The van der Waals surface area contributed by atoms with Gasteiger partial charge < -0.3 is 15.1 Å². The zero-order valence-electron chi connectivity index (χ0n) is 15.2. The van der Waals surface area contributed by atoms with Gasteiger partial charge in [-0.3, -0.25) is 9.59 Å². The molecule has 0 spiro atoms. The fourth-order valence-electron chi connectivity index (χ4n) is 3.12. The van der Waals surface area contributed by atoms with E-state index >= 15 is 0 Å². The van der Waals surface area contributed by atoms with Crippen molar-refractivity contribution in [2.45, 2.75) is 6.92 Å². The predicted molar refractivity (Wildman–Crippen MR) is 110 cm³/mol. The number of nitrogens with zero attached hydrogens (tertiary/aromatic N) is 2. The second-order valence-corrected chi connectivity index (χ2v) is 6.84. The number of anilines is 2. The van der Waals surface area contributed by atoms with Crippen molar-refractivity contribution in [2.75, 3.05) is 36.4 Å². The van der Waals surface area contributed by atoms with E-state index in [1.54, 1.807) is 23.1 Å². The van der Waals surface area contributed by atoms with Gasteiger partial charge >= 0.3 is 0 Å². The van der Waals surface area contributed by atoms with Crippen LogP contribution in [0.3, 0.4) is 0 Å². The van der Waals surface area contributed by atoms with Gasteiger partial charge in [-0.05, 0) is 55.0 Å². The number of piperazine rings is 1. The summed E-state index contributed by atoms with van der Waals surface area (Å²) in [5, 5.41) is 3.48. The van der Waals surface area contributed by atoms with E-state index in [9.17, 15) is 9.59 Å². The Kier molecular flexibility index (Phi) is 5.81. The summed E-state index contributed by atoms with van der Waals surface area (Å²) in [6, 6.07) is 13.0. The lowest BCUT2D eigenvalue weighted by Crippen LogP contribution is -2.48. The first-order valence-electron chi connectivity index (χ1n) is 8.82. The number of rotatable bonds is 4. The molecular formula is C21H22ClN3O2. The summed E-state index contributed by atoms with van der Waals surface area (Å²) in [6.07, 6.45) is 1.36. The molecule has 6 heteroatoms. The Morgan fingerprint density at radius 2 is 1.74 bits per heavy atom. The van der Waals surface area contributed by atoms with Gasteiger partial charge in [-0.1, -0.05) is 24.2 Å². The van der Waals surface area contributed by atoms with Gasteiger partial charge in [0.2, 0.25) is 5.91 Å². The summed E-state index contributed by atoms with van der Waals surface area (Å²) in [7, 11) is 0. The second-order valence-electron chi connectivity index (χ2n) is 6.43. The van der Waals surface area contributed by atoms with Gasteiger partial charge in [-0.25, -0.2) is 0 Å². The van der Waals surface area contributed by atoms with E-state index in [2.05, 4.69) is 16.8 Å². The number of halogens is 1. The molecule has 0 atom stereocenters. The van der Waals surface area contributed by atoms with Crippen molar-refractivity contribution in [3.05, 3.63) is 71.3 Å². The first-order chi connectivity index (χ1) is 13.0. The highest BCUT2D eigenvalue weighted by molar-refractivity contribution is 6.32. The van der Waals surface area contributed by atoms with Crippen molar-refractivity contribution >= 4 is 34.8 Å². The number of carbonyl (C=O) groups is 2. The highest BCUT2D eigenvalue weighted by Crippen LogP contribution is 2.22. The molecule has 0 radical (unpaired) electrons. The second kappa shape index (κ2) is 8.27. The minimum absolute atomic E-state index is 0.0241. The molecule has 2 amide bonds. The van der Waals surface area contributed by atoms with Gasteiger partial charge in [0.25, 0.3) is 5.91 Å². The molecule has 0 bridgehead atoms. The SMILES string of the molecule is C=CC(=O)N1CCN(c2ccc(NC(=O)c3cccc(Cl)c3C)cc2)CC1. The van der Waals surface area contributed by atoms with Gasteiger partial charge in [0.15, 0.2) is 0 Å². The number of hydrogen-bond donors (Lipinski definition) is 1. The third-order valence-corrected chi connectivity index (χ3v) is 5.18. The van der Waals surface area contributed by atoms with Crippen LogP contribution in [-0.4, -0.2) is 42.9 Å². The number of nitrogens with one attached hydrogen (secondary N) is 1. The Balaban J connectivity index is 1.62. The van der Waals surface area contributed by atoms with Gasteiger partial charge in [-0.15, -0.1) is 0 Å². The van der Waals surface area contributed by atoms with Crippen LogP contribution in [0.1, 0.15) is 15.9 Å². The Morgan fingerprint density at radius 3 is 2.37 bits per heavy atom. The zero-order valence-corrected chi connectivity index (χ0v) is 16.0. The maximum Gasteiger partial charge on any atom is 0.255 e. The van der Waals surface area contributed by atoms with Gasteiger partial charge in [0.05, 0.1) is 0 Å². The molecule has 5 nitrogen and oxygen atoms in total. The molecule has 140 valence electrons. The van der Waals surface area contributed by atoms with Crippen LogP contribution in [0, 0.1) is 6.92 Å². The van der Waals surface area contributed by atoms with Crippen LogP contribution in [0.4, 0.5) is 11.4 Å². The fraction of sp³-hybridized carbons (Fsp3) is 0.238. The average Bonchev–Trinajstić information content (AvgIpc) is 2.70. The highest BCUT2D eigenvalue weighted by atomic mass is 35.5. The normalized spacial score (nSPS) is 14.0. The molecule has 0 aliphatic carbocycles. The van der Waals surface area contributed by atoms with Crippen LogP contribution in [0.25, 0.3) is 0 Å². The Hall–Kier alpha value is -2.79. The van der Waals surface area contributed by atoms with E-state index < -0.39 is 0 Å². The van der Waals surface area contributed by atoms with Gasteiger partial charge in [0.1, 0.15) is 0 Å². The topological polar surface area (TPSA) is 52.7 Å². The number of carbonyl (C=O) groups excluding carboxylic acids is 2. The minimum Gasteiger partial charge on any atom is -0.368 e. The third-order valence-electron chi connectivity index (χ3n) is 4.77. The lowest BCUT2D eigenvalue weighted by molar-refractivity contribution is -0.126. The first kappa shape index (κ1) is 19.0. The zero-order chi connectivity index (χ0) is 19.4. The Labute approximate surface area is 164 Å². The maximum absolute atomic E-state index is 12.5. The largest absolute Gasteiger partial charge is 0.368 e. The smallest absolute Gasteiger partial charge is 0.255 e. The van der Waals surface area contributed by atoms with Crippen molar-refractivity contribution in [3.63, 3.8) is 0 Å². The fourth-order valence-corrected chi connectivity index (χ4v) is 3.30. The van der Waals surface area contributed by atoms with Crippen molar-refractivity contribution in [2.24, 2.45) is 0 Å². The maximum atomic E-state index is 12.5. The Bertz CT molecular complexity index is 856. The molecule has 1 fully saturated rings. The van der Waals surface area contributed by atoms with E-state index in [0.29, 0.717) is 23.7 Å². The summed E-state index contributed by atoms with van der Waals surface area (Å²) in [6.45, 7) is 8.26. The molecule has 0 aromatic heterocycles. The first-order valence-corrected chi connectivity index (χ1v) is 9.20. The standard InChI is InChI=1S/C21H22ClN3O2/c1-3-20(26)25-13-11-24(12-14-25)17-9-7-16(8-10-17)23-21(27)18-5-4-6-19(22)15(18)2/h3-10H,1,11-14H2,2H3,(H,23,27). The number of hydrogen-bond acceptors (Lipinski definition) is 3. The van der Waals surface area contributed by atoms with Crippen LogP contribution in [-0.2, 0) is 4.79 Å². The molecule has 1 saturated heterocycles. The molecule has 1 N–H and O–H groups in total. The third kappa shape index (κ3) is 4.31. The van der Waals surface area contributed by atoms with Gasteiger partial charge in [-0.2, -0.15) is 0 Å². The van der Waals surface area contributed by atoms with Crippen LogP contribution in [0.5, 0.6) is 0 Å². The molecule has 2 aromatic rings. The van der Waals surface area contributed by atoms with Crippen LogP contribution >= 0.6 is 11.6 Å². The lowest BCUT2D eigenvalue weighted by Gasteiger charge is -2.35. The Morgan fingerprint density at radius 1 is 1.07 bits per heavy atom. The molecule has 1 aliphatic heterocycles. The molecule has 27 heavy (non-hydrogen) atoms. The van der Waals surface area contributed by atoms with Crippen molar-refractivity contribution in [3.8, 4) is 0 Å². The minimum atomic E-state index is -0.181. The molecule has 3 rings (SSSR count). The molecule has 1 heterocycles. The lowest BCUT2D eigenvalue weighted by atomic mass is 10.1. The molecule has 0 saturated carbocycles. The molecular weight excluding hydrogens is 362 g/mol. The van der Waals surface area contributed by atoms with E-state index in [1.807, 2.05) is 31.2 Å². The monoisotopic (exact) mass is 383 g/mol. The summed E-state index contributed by atoms with van der Waals surface area (Å²) in [5.41, 5.74) is 3.12. The van der Waals surface area contributed by atoms with Crippen LogP contribution in [0.2, 0.25) is 5.02 Å². The van der Waals surface area contributed by atoms with E-state index in [-0.39, 0.29) is 11.8 Å². The average molecular weight is 384 g/mol. The molecule has 0 unspecified atom stereocenters. The molecule has 2 aromatic carbocycles. The summed E-state index contributed by atoms with van der Waals surface area (Å²) in [5.74, 6) is -0.205. The number of benzene rings is 2. The van der Waals surface area contributed by atoms with Crippen LogP contribution < -0.4 is 10.2 Å². The molecule has 1 aliphatic rings. The van der Waals surface area contributed by atoms with Gasteiger partial charge in [0, 0.05) is 48.1 Å². The van der Waals surface area contributed by atoms with E-state index in [0.717, 1.165) is 30.0 Å². The highest BCUT2D eigenvalue weighted by Gasteiger charge is 2.19. The van der Waals surface area contributed by atoms with Crippen molar-refractivity contribution in [1.29, 1.82) is 0 Å². The van der Waals surface area contributed by atoms with E-state index in [1.165, 1.54) is 6.08 Å². The van der Waals surface area contributed by atoms with Crippen LogP contribution in [0.15, 0.2) is 55.1 Å².